The Kier molecular flexibility index (Phi) is 12.1. The van der Waals surface area contributed by atoms with Crippen LogP contribution in [-0.2, 0) is 42.7 Å². The van der Waals surface area contributed by atoms with E-state index in [0.717, 1.165) is 22.8 Å². The molecule has 0 bridgehead atoms. The number of rotatable bonds is 16. The third kappa shape index (κ3) is 9.65. The fourth-order valence-corrected chi connectivity index (χ4v) is 4.48. The van der Waals surface area contributed by atoms with Gasteiger partial charge in [0.2, 0.25) is 0 Å². The molecule has 0 N–H and O–H groups in total. The van der Waals surface area contributed by atoms with Crippen LogP contribution in [0.15, 0.2) is 79.9 Å². The number of hydrogen-bond acceptors (Lipinski definition) is 10. The van der Waals surface area contributed by atoms with E-state index in [-0.39, 0.29) is 51.5 Å². The minimum atomic E-state index is -0.495. The summed E-state index contributed by atoms with van der Waals surface area (Å²) in [5, 5.41) is 0. The summed E-state index contributed by atoms with van der Waals surface area (Å²) in [5.41, 5.74) is 2.66. The van der Waals surface area contributed by atoms with Gasteiger partial charge in [-0.2, -0.15) is 0 Å². The van der Waals surface area contributed by atoms with Gasteiger partial charge in [0.1, 0.15) is 37.6 Å². The molecule has 10 nitrogen and oxygen atoms in total. The van der Waals surface area contributed by atoms with E-state index < -0.39 is 18.0 Å². The molecule has 2 aromatic rings. The van der Waals surface area contributed by atoms with Crippen molar-refractivity contribution < 1.29 is 47.5 Å². The highest BCUT2D eigenvalue weighted by molar-refractivity contribution is 5.87. The Morgan fingerprint density at radius 1 is 0.884 bits per heavy atom. The Morgan fingerprint density at radius 3 is 2.35 bits per heavy atom. The van der Waals surface area contributed by atoms with Crippen molar-refractivity contribution >= 4 is 29.8 Å². The van der Waals surface area contributed by atoms with Gasteiger partial charge in [-0.3, -0.25) is 0 Å². The zero-order valence-electron chi connectivity index (χ0n) is 24.1. The highest BCUT2D eigenvalue weighted by Gasteiger charge is 2.48. The van der Waals surface area contributed by atoms with Crippen LogP contribution in [0, 0.1) is 5.92 Å². The van der Waals surface area contributed by atoms with Gasteiger partial charge in [0, 0.05) is 30.7 Å². The molecule has 228 valence electrons. The van der Waals surface area contributed by atoms with E-state index >= 15 is 0 Å². The molecular formula is C33H36O10. The van der Waals surface area contributed by atoms with Gasteiger partial charge in [0.05, 0.1) is 19.3 Å². The molecular weight excluding hydrogens is 556 g/mol. The molecule has 2 saturated heterocycles. The summed E-state index contributed by atoms with van der Waals surface area (Å²) in [5.74, 6) is 0.193. The second-order valence-electron chi connectivity index (χ2n) is 9.63. The molecule has 0 aromatic heterocycles. The lowest BCUT2D eigenvalue weighted by atomic mass is 9.99. The molecule has 2 aliphatic heterocycles. The van der Waals surface area contributed by atoms with E-state index in [0.29, 0.717) is 18.1 Å². The van der Waals surface area contributed by atoms with Crippen LogP contribution in [0.2, 0.25) is 0 Å². The minimum Gasteiger partial charge on any atom is -0.490 e. The van der Waals surface area contributed by atoms with Crippen molar-refractivity contribution in [3.05, 3.63) is 96.6 Å². The normalized spacial score (nSPS) is 21.0. The average molecular weight is 593 g/mol. The van der Waals surface area contributed by atoms with Crippen molar-refractivity contribution in [3.8, 4) is 5.75 Å². The van der Waals surface area contributed by atoms with Gasteiger partial charge in [0.15, 0.2) is 12.9 Å². The second-order valence-corrected chi connectivity index (χ2v) is 9.63. The minimum absolute atomic E-state index is 0.0370. The van der Waals surface area contributed by atoms with Crippen LogP contribution in [0.3, 0.4) is 0 Å². The van der Waals surface area contributed by atoms with E-state index in [9.17, 15) is 9.59 Å². The maximum absolute atomic E-state index is 12.5. The van der Waals surface area contributed by atoms with Gasteiger partial charge in [-0.1, -0.05) is 61.7 Å². The van der Waals surface area contributed by atoms with Crippen molar-refractivity contribution in [1.82, 2.24) is 0 Å². The van der Waals surface area contributed by atoms with Crippen LogP contribution in [0.1, 0.15) is 16.7 Å². The van der Waals surface area contributed by atoms with Gasteiger partial charge in [-0.05, 0) is 29.3 Å². The summed E-state index contributed by atoms with van der Waals surface area (Å²) in [6, 6.07) is 14.9. The van der Waals surface area contributed by atoms with Crippen molar-refractivity contribution in [1.29, 1.82) is 0 Å². The number of carbonyl (C=O) groups excluding carboxylic acids is 2. The first kappa shape index (κ1) is 31.7. The smallest absolute Gasteiger partial charge is 0.331 e. The summed E-state index contributed by atoms with van der Waals surface area (Å²) in [4.78, 5) is 23.5. The van der Waals surface area contributed by atoms with E-state index in [1.807, 2.05) is 30.3 Å². The molecule has 4 atom stereocenters. The summed E-state index contributed by atoms with van der Waals surface area (Å²) >= 11 is 0. The molecule has 2 heterocycles. The monoisotopic (exact) mass is 592 g/mol. The Hall–Kier alpha value is -4.22. The molecule has 2 fully saturated rings. The molecule has 0 amide bonds. The first-order chi connectivity index (χ1) is 21.0. The lowest BCUT2D eigenvalue weighted by Gasteiger charge is -2.15. The molecule has 43 heavy (non-hydrogen) atoms. The largest absolute Gasteiger partial charge is 0.490 e. The Bertz CT molecular complexity index is 1280. The van der Waals surface area contributed by atoms with Crippen LogP contribution in [-0.4, -0.2) is 77.4 Å². The van der Waals surface area contributed by atoms with Crippen LogP contribution in [0.5, 0.6) is 5.75 Å². The van der Waals surface area contributed by atoms with Gasteiger partial charge in [-0.25, -0.2) is 9.59 Å². The number of methoxy groups -OCH3 is 1. The summed E-state index contributed by atoms with van der Waals surface area (Å²) in [6.07, 6.45) is 7.22. The molecule has 2 aromatic carbocycles. The molecule has 10 heteroatoms. The Morgan fingerprint density at radius 2 is 1.60 bits per heavy atom. The third-order valence-electron chi connectivity index (χ3n) is 6.66. The van der Waals surface area contributed by atoms with Crippen molar-refractivity contribution in [2.24, 2.45) is 5.92 Å². The number of fused-ring (bicyclic) bond motifs is 1. The van der Waals surface area contributed by atoms with E-state index in [4.69, 9.17) is 37.9 Å². The van der Waals surface area contributed by atoms with Crippen LogP contribution < -0.4 is 4.74 Å². The molecule has 4 rings (SSSR count). The van der Waals surface area contributed by atoms with E-state index in [1.165, 1.54) is 6.08 Å². The summed E-state index contributed by atoms with van der Waals surface area (Å²) in [6.45, 7) is 8.57. The lowest BCUT2D eigenvalue weighted by molar-refractivity contribution is -0.147. The standard InChI is InChI=1S/C33H36O10/c1-4-30(34)39-18-17-38-28-14-8-25(9-15-28)10-16-31(35)43-29-20-41-32-27(19-40-33(29)32)13-7-24-5-11-26(12-6-24)23(2)42-22-37-21-36-3/h4-16,27,29,32-33H,1-2,17-22H2,3H3/b13-7?,16-10+/t27-,29-,32-,33-/m1/s1. The zero-order chi connectivity index (χ0) is 30.4. The van der Waals surface area contributed by atoms with Gasteiger partial charge < -0.3 is 37.9 Å². The molecule has 2 aliphatic rings. The fourth-order valence-electron chi connectivity index (χ4n) is 4.48. The van der Waals surface area contributed by atoms with E-state index in [1.54, 1.807) is 37.5 Å². The van der Waals surface area contributed by atoms with Crippen LogP contribution in [0.4, 0.5) is 0 Å². The molecule has 0 unspecified atom stereocenters. The lowest BCUT2D eigenvalue weighted by Crippen LogP contribution is -2.32. The zero-order valence-corrected chi connectivity index (χ0v) is 24.1. The maximum Gasteiger partial charge on any atom is 0.331 e. The number of carbonyl (C=O) groups is 2. The van der Waals surface area contributed by atoms with Crippen molar-refractivity contribution in [3.63, 3.8) is 0 Å². The number of benzene rings is 2. The van der Waals surface area contributed by atoms with Crippen LogP contribution in [0.25, 0.3) is 17.9 Å². The van der Waals surface area contributed by atoms with Gasteiger partial charge >= 0.3 is 11.9 Å². The maximum atomic E-state index is 12.5. The highest BCUT2D eigenvalue weighted by Crippen LogP contribution is 2.34. The van der Waals surface area contributed by atoms with Gasteiger partial charge in [-0.15, -0.1) is 0 Å². The topological polar surface area (TPSA) is 108 Å². The Balaban J connectivity index is 1.20. The van der Waals surface area contributed by atoms with Crippen molar-refractivity contribution in [2.45, 2.75) is 18.3 Å². The van der Waals surface area contributed by atoms with E-state index in [2.05, 4.69) is 19.2 Å². The second kappa shape index (κ2) is 16.4. The third-order valence-corrected chi connectivity index (χ3v) is 6.66. The number of esters is 2. The van der Waals surface area contributed by atoms with Crippen LogP contribution >= 0.6 is 0 Å². The predicted octanol–water partition coefficient (Wildman–Crippen LogP) is 4.41. The summed E-state index contributed by atoms with van der Waals surface area (Å²) < 4.78 is 43.3. The first-order valence-corrected chi connectivity index (χ1v) is 13.8. The Labute approximate surface area is 251 Å². The van der Waals surface area contributed by atoms with Gasteiger partial charge in [0.25, 0.3) is 0 Å². The van der Waals surface area contributed by atoms with Crippen molar-refractivity contribution in [2.75, 3.05) is 47.1 Å². The molecule has 0 spiro atoms. The highest BCUT2D eigenvalue weighted by atomic mass is 16.7. The quantitative estimate of drug-likeness (QED) is 0.0915. The molecule has 0 aliphatic carbocycles. The molecule has 0 saturated carbocycles. The number of ether oxygens (including phenoxy) is 8. The first-order valence-electron chi connectivity index (χ1n) is 13.8. The number of hydrogen-bond donors (Lipinski definition) is 0. The summed E-state index contributed by atoms with van der Waals surface area (Å²) in [7, 11) is 1.54. The fraction of sp³-hybridized carbons (Fsp3) is 0.333. The predicted molar refractivity (Wildman–Crippen MR) is 158 cm³/mol. The molecule has 0 radical (unpaired) electrons. The SMILES string of the molecule is C=CC(=O)OCCOc1ccc(/C=C/C(=O)O[C@@H]2CO[C@H]3[C@@H]2OC[C@H]3C=Cc2ccc(C(=C)OCOCOC)cc2)cc1. The average Bonchev–Trinajstić information content (AvgIpc) is 3.62.